The van der Waals surface area contributed by atoms with Crippen LogP contribution in [0.15, 0.2) is 72.8 Å². The predicted octanol–water partition coefficient (Wildman–Crippen LogP) is 6.98. The minimum atomic E-state index is -2.64. The van der Waals surface area contributed by atoms with Crippen molar-refractivity contribution in [1.82, 2.24) is 0 Å². The molecule has 0 fully saturated rings. The third-order valence-corrected chi connectivity index (χ3v) is 17.8. The van der Waals surface area contributed by atoms with Gasteiger partial charge >= 0.3 is 185 Å². The molecule has 0 aliphatic rings. The molecule has 0 atom stereocenters. The van der Waals surface area contributed by atoms with E-state index in [9.17, 15) is 0 Å². The molecule has 0 aromatic heterocycles. The van der Waals surface area contributed by atoms with Crippen LogP contribution in [0.25, 0.3) is 0 Å². The minimum absolute atomic E-state index is 1.22. The standard InChI is InChI=1S/C26H32IP/c1-5-6-13-20-28(27,24-17-10-7-14-21(24)2,25-18-11-8-15-22(25)3)26-19-12-9-16-23(26)4/h7-12,14-19H,5-6,13,20H2,1-4H3. The first-order valence-electron chi connectivity index (χ1n) is 10.3. The number of rotatable bonds is 7. The van der Waals surface area contributed by atoms with E-state index in [2.05, 4.69) is 123 Å². The molecule has 0 spiro atoms. The predicted molar refractivity (Wildman–Crippen MR) is 138 cm³/mol. The summed E-state index contributed by atoms with van der Waals surface area (Å²) < 4.78 is -2.64. The Balaban J connectivity index is 2.48. The second-order valence-electron chi connectivity index (χ2n) is 7.97. The monoisotopic (exact) mass is 502 g/mol. The molecule has 0 aliphatic carbocycles. The van der Waals surface area contributed by atoms with Crippen molar-refractivity contribution < 1.29 is 0 Å². The molecule has 0 saturated carbocycles. The molecule has 28 heavy (non-hydrogen) atoms. The van der Waals surface area contributed by atoms with Crippen LogP contribution in [0.1, 0.15) is 42.9 Å². The Kier molecular flexibility index (Phi) is 6.67. The van der Waals surface area contributed by atoms with Crippen LogP contribution in [0, 0.1) is 20.8 Å². The molecule has 0 unspecified atom stereocenters. The van der Waals surface area contributed by atoms with Crippen LogP contribution < -0.4 is 15.9 Å². The van der Waals surface area contributed by atoms with Crippen molar-refractivity contribution in [3.63, 3.8) is 0 Å². The zero-order valence-electron chi connectivity index (χ0n) is 17.6. The van der Waals surface area contributed by atoms with Crippen LogP contribution >= 0.6 is 26.3 Å². The Hall–Kier alpha value is -1.18. The van der Waals surface area contributed by atoms with Crippen LogP contribution in [0.4, 0.5) is 0 Å². The number of unbranched alkanes of at least 4 members (excludes halogenated alkanes) is 2. The van der Waals surface area contributed by atoms with Crippen LogP contribution in [-0.2, 0) is 0 Å². The average molecular weight is 502 g/mol. The first-order chi connectivity index (χ1) is 13.4. The van der Waals surface area contributed by atoms with Gasteiger partial charge in [0.05, 0.1) is 0 Å². The van der Waals surface area contributed by atoms with E-state index in [-0.39, 0.29) is 0 Å². The van der Waals surface area contributed by atoms with Gasteiger partial charge in [-0.3, -0.25) is 0 Å². The molecule has 3 aromatic carbocycles. The maximum atomic E-state index is 2.95. The molecule has 0 radical (unpaired) electrons. The molecule has 0 heterocycles. The van der Waals surface area contributed by atoms with Gasteiger partial charge in [0.1, 0.15) is 0 Å². The number of aryl methyl sites for hydroxylation is 3. The Labute approximate surface area is 184 Å². The van der Waals surface area contributed by atoms with E-state index < -0.39 is 4.25 Å². The van der Waals surface area contributed by atoms with Crippen molar-refractivity contribution in [3.05, 3.63) is 89.5 Å². The van der Waals surface area contributed by atoms with Gasteiger partial charge in [-0.15, -0.1) is 0 Å². The van der Waals surface area contributed by atoms with Crippen molar-refractivity contribution >= 4 is 42.2 Å². The van der Waals surface area contributed by atoms with E-state index in [0.717, 1.165) is 0 Å². The summed E-state index contributed by atoms with van der Waals surface area (Å²) in [5, 5.41) is 4.65. The second-order valence-corrected chi connectivity index (χ2v) is 18.6. The first-order valence-corrected chi connectivity index (χ1v) is 15.6. The SMILES string of the molecule is CCCCCP(I)(c1ccccc1C)(c1ccccc1C)c1ccccc1C. The zero-order valence-corrected chi connectivity index (χ0v) is 20.6. The summed E-state index contributed by atoms with van der Waals surface area (Å²) in [6.07, 6.45) is 5.01. The Morgan fingerprint density at radius 3 is 1.29 bits per heavy atom. The van der Waals surface area contributed by atoms with Crippen molar-refractivity contribution in [2.45, 2.75) is 47.0 Å². The fourth-order valence-electron chi connectivity index (χ4n) is 4.67. The molecule has 0 saturated heterocycles. The maximum absolute atomic E-state index is 2.95. The summed E-state index contributed by atoms with van der Waals surface area (Å²) in [5.41, 5.74) is 4.24. The molecule has 0 bridgehead atoms. The van der Waals surface area contributed by atoms with Crippen LogP contribution in [-0.4, -0.2) is 6.16 Å². The Morgan fingerprint density at radius 2 is 0.964 bits per heavy atom. The topological polar surface area (TPSA) is 0 Å². The summed E-state index contributed by atoms with van der Waals surface area (Å²) in [7, 11) is 0. The van der Waals surface area contributed by atoms with E-state index in [1.807, 2.05) is 0 Å². The molecule has 2 heteroatoms. The van der Waals surface area contributed by atoms with E-state index in [0.29, 0.717) is 0 Å². The molecule has 3 rings (SSSR count). The van der Waals surface area contributed by atoms with Crippen molar-refractivity contribution in [1.29, 1.82) is 0 Å². The first kappa shape index (κ1) is 21.5. The number of halogens is 1. The molecular weight excluding hydrogens is 470 g/mol. The molecular formula is C26H32IP. The molecule has 0 N–H and O–H groups in total. The van der Waals surface area contributed by atoms with Crippen molar-refractivity contribution in [2.24, 2.45) is 0 Å². The van der Waals surface area contributed by atoms with Gasteiger partial charge in [0.25, 0.3) is 0 Å². The van der Waals surface area contributed by atoms with Crippen LogP contribution in [0.3, 0.4) is 0 Å². The third-order valence-electron chi connectivity index (χ3n) is 6.03. The summed E-state index contributed by atoms with van der Waals surface area (Å²) in [6, 6.07) is 27.4. The quantitative estimate of drug-likeness (QED) is 0.186. The van der Waals surface area contributed by atoms with Crippen molar-refractivity contribution in [3.8, 4) is 0 Å². The van der Waals surface area contributed by atoms with Gasteiger partial charge in [-0.25, -0.2) is 0 Å². The van der Waals surface area contributed by atoms with Gasteiger partial charge in [0.2, 0.25) is 0 Å². The number of benzene rings is 3. The molecule has 148 valence electrons. The Bertz CT molecular complexity index is 846. The zero-order chi connectivity index (χ0) is 20.2. The van der Waals surface area contributed by atoms with Gasteiger partial charge in [-0.05, 0) is 0 Å². The molecule has 0 aliphatic heterocycles. The van der Waals surface area contributed by atoms with Crippen LogP contribution in [0.5, 0.6) is 0 Å². The summed E-state index contributed by atoms with van der Waals surface area (Å²) in [5.74, 6) is 0. The van der Waals surface area contributed by atoms with E-state index in [1.165, 1.54) is 42.1 Å². The molecule has 0 amide bonds. The Morgan fingerprint density at radius 1 is 0.607 bits per heavy atom. The molecule has 3 aromatic rings. The molecule has 0 nitrogen and oxygen atoms in total. The summed E-state index contributed by atoms with van der Waals surface area (Å²) in [4.78, 5) is 0. The summed E-state index contributed by atoms with van der Waals surface area (Å²) in [6.45, 7) is 9.20. The van der Waals surface area contributed by atoms with Crippen LogP contribution in [0.2, 0.25) is 0 Å². The van der Waals surface area contributed by atoms with E-state index in [4.69, 9.17) is 0 Å². The summed E-state index contributed by atoms with van der Waals surface area (Å²) >= 11 is 2.95. The van der Waals surface area contributed by atoms with Crippen molar-refractivity contribution in [2.75, 3.05) is 6.16 Å². The van der Waals surface area contributed by atoms with Gasteiger partial charge in [-0.1, -0.05) is 0 Å². The number of hydrogen-bond donors (Lipinski definition) is 0. The fraction of sp³-hybridized carbons (Fsp3) is 0.308. The van der Waals surface area contributed by atoms with Gasteiger partial charge < -0.3 is 0 Å². The second kappa shape index (κ2) is 8.67. The van der Waals surface area contributed by atoms with Gasteiger partial charge in [0, 0.05) is 0 Å². The third kappa shape index (κ3) is 3.57. The number of hydrogen-bond acceptors (Lipinski definition) is 0. The van der Waals surface area contributed by atoms with E-state index in [1.54, 1.807) is 15.9 Å². The normalized spacial score (nSPS) is 13.1. The van der Waals surface area contributed by atoms with Gasteiger partial charge in [0.15, 0.2) is 0 Å². The average Bonchev–Trinajstić information content (AvgIpc) is 2.69. The van der Waals surface area contributed by atoms with Gasteiger partial charge in [-0.2, -0.15) is 0 Å². The fourth-order valence-corrected chi connectivity index (χ4v) is 16.5. The van der Waals surface area contributed by atoms with E-state index >= 15 is 0 Å².